The van der Waals surface area contributed by atoms with Gasteiger partial charge in [-0.05, 0) is 102 Å². The van der Waals surface area contributed by atoms with E-state index in [4.69, 9.17) is 24.9 Å². The van der Waals surface area contributed by atoms with Crippen molar-refractivity contribution < 1.29 is 38.4 Å². The van der Waals surface area contributed by atoms with Crippen LogP contribution >= 0.6 is 0 Å². The number of carbonyl (C=O) groups excluding carboxylic acids is 8. The van der Waals surface area contributed by atoms with Gasteiger partial charge in [0.15, 0.2) is 11.6 Å². The normalized spacial score (nSPS) is 14.7. The van der Waals surface area contributed by atoms with E-state index in [-0.39, 0.29) is 98.5 Å². The average Bonchev–Trinajstić information content (AvgIpc) is 1.05. The van der Waals surface area contributed by atoms with Crippen LogP contribution in [0.3, 0.4) is 0 Å². The summed E-state index contributed by atoms with van der Waals surface area (Å²) in [5, 5.41) is 10.2. The van der Waals surface area contributed by atoms with Crippen LogP contribution in [-0.2, 0) is 0 Å². The van der Waals surface area contributed by atoms with E-state index in [1.807, 2.05) is 267 Å². The van der Waals surface area contributed by atoms with Crippen molar-refractivity contribution in [2.45, 2.75) is 24.6 Å². The Balaban J connectivity index is 0.000000103. The molecule has 13 aromatic carbocycles. The number of benzene rings is 13. The van der Waals surface area contributed by atoms with Crippen LogP contribution in [0, 0.1) is 0 Å². The van der Waals surface area contributed by atoms with Crippen LogP contribution in [0.2, 0.25) is 24.6 Å². The molecule has 0 N–H and O–H groups in total. The van der Waals surface area contributed by atoms with Crippen molar-refractivity contribution in [1.82, 2.24) is 34.9 Å². The van der Waals surface area contributed by atoms with E-state index >= 15 is 0 Å². The monoisotopic (exact) mass is 2130 g/mol. The Bertz CT molecular complexity index is 8380. The molecular formula is C125H81GeN11O8Se2Si. The first-order chi connectivity index (χ1) is 72.2. The number of Topliss-reactive ketones (excluding diaryl/α,β-unsaturated/α-hetero) is 8. The molecular weight excluding hydrogens is 2040 g/mol. The average molecular weight is 2120 g/mol. The van der Waals surface area contributed by atoms with Gasteiger partial charge in [-0.1, -0.05) is 134 Å². The second-order valence-electron chi connectivity index (χ2n) is 38.0. The van der Waals surface area contributed by atoms with E-state index in [0.29, 0.717) is 61.2 Å². The zero-order chi connectivity index (χ0) is 100. The minimum atomic E-state index is -2.53. The van der Waals surface area contributed by atoms with Crippen molar-refractivity contribution in [3.05, 3.63) is 484 Å². The standard InChI is InChI=1S/C32H23GeN3O2.C32H23N3O2Si.C31H18N2O2Se.C30H17N3O2Se/c1-33(2)26-10-5-6-12-28(26)36(32-27(33)11-7-15-34-32)29-14-13-20(19-35-29)16-25-30(37)23-17-21-8-3-4-9-22(21)18-24(23)31(25)38;1-38(2)27-11-6-5-10-26(27)35(32-28(38)12-7-15-33-32)29-14-13-20(19-34-29)16-25-30(36)23-17-21-8-3-4-9-22(21)18-24(23)31(25)37;34-29-23-17-20-6-1-2-7-21(20)18-24(23)30(35)25(29)16-19-11-13-22(14-12-19)33-26-8-3-4-9-27(26)36-28-10-5-15-32-31(28)33;34-28-21-15-19-6-1-2-7-20(19)16-22(21)29(35)23(28)14-18-11-12-27(32-17-18)33-24-8-3-4-9-25(24)36-26-10-5-13-31-30(26)33/h2*3-19H,1-2H3;1-18H;1-17H. The third-order valence-corrected chi connectivity index (χ3v) is 43.9. The Hall–Kier alpha value is -17.7. The first-order valence-electron chi connectivity index (χ1n) is 48.3. The van der Waals surface area contributed by atoms with Crippen molar-refractivity contribution >= 4 is 271 Å². The van der Waals surface area contributed by atoms with E-state index in [1.54, 1.807) is 49.1 Å². The Morgan fingerprint density at radius 1 is 0.243 bits per heavy atom. The second kappa shape index (κ2) is 36.8. The van der Waals surface area contributed by atoms with E-state index in [0.717, 1.165) is 118 Å². The van der Waals surface area contributed by atoms with E-state index in [9.17, 15) is 38.4 Å². The van der Waals surface area contributed by atoms with Crippen molar-refractivity contribution in [2.24, 2.45) is 0 Å². The quantitative estimate of drug-likeness (QED) is 0.0780. The fourth-order valence-corrected chi connectivity index (χ4v) is 34.2. The summed E-state index contributed by atoms with van der Waals surface area (Å²) >= 11 is -2.16. The summed E-state index contributed by atoms with van der Waals surface area (Å²) in [5.74, 6) is 8.83. The Morgan fingerprint density at radius 2 is 0.520 bits per heavy atom. The number of hydrogen-bond acceptors (Lipinski definition) is 19. The van der Waals surface area contributed by atoms with Crippen LogP contribution in [0.15, 0.2) is 418 Å². The molecule has 0 saturated heterocycles. The number of allylic oxidation sites excluding steroid dienone is 4. The van der Waals surface area contributed by atoms with Crippen LogP contribution in [0.4, 0.5) is 69.2 Å². The predicted molar refractivity (Wildman–Crippen MR) is 595 cm³/mol. The number of para-hydroxylation sites is 4. The van der Waals surface area contributed by atoms with E-state index < -0.39 is 21.3 Å². The molecule has 0 bridgehead atoms. The first-order valence-corrected chi connectivity index (χ1v) is 61.0. The number of hydrogen-bond donors (Lipinski definition) is 0. The second-order valence-corrected chi connectivity index (χ2v) is 55.9. The Morgan fingerprint density at radius 3 is 0.912 bits per heavy atom. The topological polar surface area (TPSA) is 240 Å². The van der Waals surface area contributed by atoms with Gasteiger partial charge < -0.3 is 0 Å². The molecule has 4 aliphatic heterocycles. The molecule has 704 valence electrons. The number of anilines is 12. The molecule has 4 aliphatic carbocycles. The molecule has 0 radical (unpaired) electrons. The van der Waals surface area contributed by atoms with Gasteiger partial charge in [0, 0.05) is 29.2 Å². The molecule has 0 atom stereocenters. The molecule has 0 unspecified atom stereocenters. The van der Waals surface area contributed by atoms with Crippen LogP contribution < -0.4 is 56.6 Å². The number of ketones is 8. The van der Waals surface area contributed by atoms with Gasteiger partial charge in [-0.2, -0.15) is 0 Å². The summed E-state index contributed by atoms with van der Waals surface area (Å²) < 4.78 is 7.71. The van der Waals surface area contributed by atoms with Gasteiger partial charge in [0.1, 0.15) is 19.7 Å². The summed E-state index contributed by atoms with van der Waals surface area (Å²) in [6, 6.07) is 115. The predicted octanol–water partition coefficient (Wildman–Crippen LogP) is 21.1. The van der Waals surface area contributed by atoms with Crippen molar-refractivity contribution in [3.8, 4) is 0 Å². The van der Waals surface area contributed by atoms with Crippen LogP contribution in [0.25, 0.3) is 67.4 Å². The van der Waals surface area contributed by atoms with Gasteiger partial charge in [-0.25, -0.2) is 9.97 Å². The summed E-state index contributed by atoms with van der Waals surface area (Å²) in [6.45, 7) is 4.70. The Labute approximate surface area is 865 Å². The van der Waals surface area contributed by atoms with Gasteiger partial charge >= 0.3 is 546 Å². The molecule has 7 aromatic heterocycles. The van der Waals surface area contributed by atoms with Crippen molar-refractivity contribution in [3.63, 3.8) is 0 Å². The molecule has 19 nitrogen and oxygen atoms in total. The number of fused-ring (bicyclic) bond motifs is 16. The summed E-state index contributed by atoms with van der Waals surface area (Å²) in [7, 11) is -1.92. The third-order valence-electron chi connectivity index (χ3n) is 28.4. The minimum absolute atomic E-state index is 0.171. The Kier molecular flexibility index (Phi) is 22.8. The molecule has 28 rings (SSSR count). The number of aromatic nitrogens is 7. The zero-order valence-corrected chi connectivity index (χ0v) is 86.4. The number of rotatable bonds is 8. The fraction of sp³-hybridized carbons (Fsp3) is 0.0320. The van der Waals surface area contributed by atoms with Gasteiger partial charge in [0.05, 0.1) is 5.57 Å². The van der Waals surface area contributed by atoms with Gasteiger partial charge in [0.2, 0.25) is 0 Å². The molecule has 0 saturated carbocycles. The third kappa shape index (κ3) is 15.8. The number of carbonyl (C=O) groups is 8. The van der Waals surface area contributed by atoms with Crippen LogP contribution in [0.5, 0.6) is 0 Å². The van der Waals surface area contributed by atoms with Crippen molar-refractivity contribution in [2.75, 3.05) is 19.6 Å². The van der Waals surface area contributed by atoms with Crippen LogP contribution in [-0.4, -0.2) is 132 Å². The maximum absolute atomic E-state index is 13.2. The van der Waals surface area contributed by atoms with Gasteiger partial charge in [0.25, 0.3) is 0 Å². The maximum atomic E-state index is 13.2. The summed E-state index contributed by atoms with van der Waals surface area (Å²) in [6.07, 6.45) is 19.1. The summed E-state index contributed by atoms with van der Waals surface area (Å²) in [5.41, 5.74) is 12.8. The van der Waals surface area contributed by atoms with Gasteiger partial charge in [-0.15, -0.1) is 0 Å². The molecule has 8 aliphatic rings. The summed E-state index contributed by atoms with van der Waals surface area (Å²) in [4.78, 5) is 147. The molecule has 148 heavy (non-hydrogen) atoms. The molecule has 20 aromatic rings. The fourth-order valence-electron chi connectivity index (χ4n) is 21.0. The number of pyridine rings is 7. The zero-order valence-electron chi connectivity index (χ0n) is 79.8. The molecule has 11 heterocycles. The van der Waals surface area contributed by atoms with Crippen LogP contribution in [0.1, 0.15) is 105 Å². The molecule has 0 spiro atoms. The molecule has 0 fully saturated rings. The van der Waals surface area contributed by atoms with Gasteiger partial charge in [-0.3, -0.25) is 14.5 Å². The van der Waals surface area contributed by atoms with E-state index in [2.05, 4.69) is 157 Å². The SMILES string of the molecule is C[Si]1(C)c2ccccc2N(c2ccc(C=C3C(=O)c4cc5ccccc5cc4C3=O)cn2)c2ncccc21.O=C1C(=Cc2ccc(N3c4ccccc4[Se]c4cccnc43)cc2)C(=O)c2cc3ccccc3cc21.O=C1C(=Cc2ccc(N3c4ccccc4[Se]c4cccnc43)nc2)C(=O)c2cc3ccccc3cc21.[CH3][Ge]1([CH3])[c]2ccccc2N(c2ccc(C=C3C(=O)c4cc5ccccc5cc4C3=O)cn2)c2nccc[c]21. The molecule has 0 amide bonds. The van der Waals surface area contributed by atoms with E-state index in [1.165, 1.54) is 37.0 Å². The number of nitrogens with zero attached hydrogens (tertiary/aromatic N) is 11. The molecule has 23 heteroatoms. The van der Waals surface area contributed by atoms with Crippen molar-refractivity contribution in [1.29, 1.82) is 0 Å². The first kappa shape index (κ1) is 91.5.